The average molecular weight is 214 g/mol. The van der Waals surface area contributed by atoms with Gasteiger partial charge in [0.15, 0.2) is 0 Å². The third-order valence-corrected chi connectivity index (χ3v) is 3.37. The van der Waals surface area contributed by atoms with Gasteiger partial charge in [0.1, 0.15) is 0 Å². The van der Waals surface area contributed by atoms with E-state index in [4.69, 9.17) is 10.6 Å². The van der Waals surface area contributed by atoms with Crippen molar-refractivity contribution in [1.82, 2.24) is 5.43 Å². The van der Waals surface area contributed by atoms with Gasteiger partial charge >= 0.3 is 0 Å². The van der Waals surface area contributed by atoms with Gasteiger partial charge < -0.3 is 4.74 Å². The summed E-state index contributed by atoms with van der Waals surface area (Å²) in [6.45, 7) is 6.67. The second kappa shape index (κ2) is 6.46. The minimum atomic E-state index is 0.323. The molecular formula is C12H26N2O. The molecule has 0 saturated carbocycles. The van der Waals surface area contributed by atoms with Crippen LogP contribution in [0.4, 0.5) is 0 Å². The molecule has 1 fully saturated rings. The number of rotatable bonds is 6. The van der Waals surface area contributed by atoms with Crippen molar-refractivity contribution in [3.05, 3.63) is 0 Å². The van der Waals surface area contributed by atoms with Gasteiger partial charge in [-0.25, -0.2) is 0 Å². The Morgan fingerprint density at radius 3 is 2.67 bits per heavy atom. The van der Waals surface area contributed by atoms with Gasteiger partial charge in [-0.05, 0) is 32.1 Å². The number of hydrogen-bond donors (Lipinski definition) is 2. The van der Waals surface area contributed by atoms with Gasteiger partial charge in [0, 0.05) is 6.04 Å². The first kappa shape index (κ1) is 12.9. The molecule has 0 bridgehead atoms. The molecule has 4 atom stereocenters. The molecule has 0 aromatic heterocycles. The molecule has 90 valence electrons. The Hall–Kier alpha value is -0.120. The Balaban J connectivity index is 2.34. The van der Waals surface area contributed by atoms with Crippen LogP contribution in [0, 0.1) is 5.92 Å². The molecule has 3 heteroatoms. The van der Waals surface area contributed by atoms with Crippen LogP contribution in [0.1, 0.15) is 52.9 Å². The summed E-state index contributed by atoms with van der Waals surface area (Å²) in [5, 5.41) is 0. The Labute approximate surface area is 93.7 Å². The fourth-order valence-corrected chi connectivity index (χ4v) is 2.50. The van der Waals surface area contributed by atoms with Crippen molar-refractivity contribution in [2.45, 2.75) is 71.1 Å². The summed E-state index contributed by atoms with van der Waals surface area (Å²) in [4.78, 5) is 0. The zero-order valence-electron chi connectivity index (χ0n) is 10.3. The third kappa shape index (κ3) is 4.09. The van der Waals surface area contributed by atoms with Crippen LogP contribution in [0.25, 0.3) is 0 Å². The normalized spacial score (nSPS) is 30.4. The van der Waals surface area contributed by atoms with E-state index in [0.717, 1.165) is 18.8 Å². The maximum absolute atomic E-state index is 5.85. The van der Waals surface area contributed by atoms with E-state index in [0.29, 0.717) is 18.2 Å². The van der Waals surface area contributed by atoms with Gasteiger partial charge in [-0.3, -0.25) is 11.3 Å². The monoisotopic (exact) mass is 214 g/mol. The zero-order valence-corrected chi connectivity index (χ0v) is 10.3. The van der Waals surface area contributed by atoms with E-state index in [1.54, 1.807) is 0 Å². The Morgan fingerprint density at radius 1 is 1.47 bits per heavy atom. The maximum Gasteiger partial charge on any atom is 0.0746 e. The molecule has 1 heterocycles. The SMILES string of the molecule is CCCC(C)CC(NN)C1CCC(C)O1. The molecule has 0 aromatic rings. The van der Waals surface area contributed by atoms with Crippen molar-refractivity contribution in [1.29, 1.82) is 0 Å². The predicted octanol–water partition coefficient (Wildman–Crippen LogP) is 2.21. The second-order valence-corrected chi connectivity index (χ2v) is 4.97. The number of nitrogens with one attached hydrogen (secondary N) is 1. The molecule has 3 N–H and O–H groups in total. The minimum absolute atomic E-state index is 0.323. The van der Waals surface area contributed by atoms with E-state index in [-0.39, 0.29) is 0 Å². The first-order chi connectivity index (χ1) is 7.17. The highest BCUT2D eigenvalue weighted by Gasteiger charge is 2.29. The number of hydrogen-bond acceptors (Lipinski definition) is 3. The minimum Gasteiger partial charge on any atom is -0.374 e. The van der Waals surface area contributed by atoms with E-state index in [1.807, 2.05) is 0 Å². The van der Waals surface area contributed by atoms with Crippen LogP contribution in [0.5, 0.6) is 0 Å². The van der Waals surface area contributed by atoms with Gasteiger partial charge in [-0.2, -0.15) is 0 Å². The van der Waals surface area contributed by atoms with Crippen molar-refractivity contribution in [3.8, 4) is 0 Å². The molecule has 0 aliphatic carbocycles. The van der Waals surface area contributed by atoms with Gasteiger partial charge in [-0.1, -0.05) is 26.7 Å². The second-order valence-electron chi connectivity index (χ2n) is 4.97. The lowest BCUT2D eigenvalue weighted by molar-refractivity contribution is 0.0264. The Kier molecular flexibility index (Phi) is 5.58. The quantitative estimate of drug-likeness (QED) is 0.526. The van der Waals surface area contributed by atoms with Crippen molar-refractivity contribution in [2.24, 2.45) is 11.8 Å². The molecule has 4 unspecified atom stereocenters. The highest BCUT2D eigenvalue weighted by atomic mass is 16.5. The highest BCUT2D eigenvalue weighted by Crippen LogP contribution is 2.25. The van der Waals surface area contributed by atoms with Crippen molar-refractivity contribution < 1.29 is 4.74 Å². The molecule has 0 spiro atoms. The molecule has 15 heavy (non-hydrogen) atoms. The van der Waals surface area contributed by atoms with Crippen LogP contribution in [0.3, 0.4) is 0 Å². The first-order valence-corrected chi connectivity index (χ1v) is 6.29. The topological polar surface area (TPSA) is 47.3 Å². The Morgan fingerprint density at radius 2 is 2.20 bits per heavy atom. The van der Waals surface area contributed by atoms with Crippen LogP contribution < -0.4 is 11.3 Å². The lowest BCUT2D eigenvalue weighted by atomic mass is 9.93. The summed E-state index contributed by atoms with van der Waals surface area (Å²) in [7, 11) is 0. The smallest absolute Gasteiger partial charge is 0.0746 e. The van der Waals surface area contributed by atoms with Crippen molar-refractivity contribution in [3.63, 3.8) is 0 Å². The van der Waals surface area contributed by atoms with E-state index in [1.165, 1.54) is 19.3 Å². The summed E-state index contributed by atoms with van der Waals surface area (Å²) in [6, 6.07) is 0.330. The van der Waals surface area contributed by atoms with E-state index in [2.05, 4.69) is 26.2 Å². The van der Waals surface area contributed by atoms with Crippen LogP contribution in [0.2, 0.25) is 0 Å². The molecule has 1 rings (SSSR count). The molecule has 1 saturated heterocycles. The van der Waals surface area contributed by atoms with Crippen LogP contribution in [-0.4, -0.2) is 18.2 Å². The number of hydrazine groups is 1. The fraction of sp³-hybridized carbons (Fsp3) is 1.00. The summed E-state index contributed by atoms with van der Waals surface area (Å²) in [6.07, 6.45) is 6.71. The summed E-state index contributed by atoms with van der Waals surface area (Å²) >= 11 is 0. The largest absolute Gasteiger partial charge is 0.374 e. The molecular weight excluding hydrogens is 188 g/mol. The van der Waals surface area contributed by atoms with Crippen LogP contribution in [0.15, 0.2) is 0 Å². The lowest BCUT2D eigenvalue weighted by Crippen LogP contribution is -2.45. The molecule has 0 amide bonds. The molecule has 3 nitrogen and oxygen atoms in total. The lowest BCUT2D eigenvalue weighted by Gasteiger charge is -2.25. The summed E-state index contributed by atoms with van der Waals surface area (Å²) in [5.41, 5.74) is 2.93. The van der Waals surface area contributed by atoms with Gasteiger partial charge in [0.05, 0.1) is 12.2 Å². The van der Waals surface area contributed by atoms with Crippen LogP contribution >= 0.6 is 0 Å². The van der Waals surface area contributed by atoms with Gasteiger partial charge in [0.2, 0.25) is 0 Å². The van der Waals surface area contributed by atoms with E-state index >= 15 is 0 Å². The maximum atomic E-state index is 5.85. The third-order valence-electron chi connectivity index (χ3n) is 3.37. The van der Waals surface area contributed by atoms with Crippen molar-refractivity contribution >= 4 is 0 Å². The van der Waals surface area contributed by atoms with E-state index in [9.17, 15) is 0 Å². The van der Waals surface area contributed by atoms with Gasteiger partial charge in [-0.15, -0.1) is 0 Å². The molecule has 0 radical (unpaired) electrons. The zero-order chi connectivity index (χ0) is 11.3. The number of ether oxygens (including phenoxy) is 1. The predicted molar refractivity (Wildman–Crippen MR) is 63.4 cm³/mol. The average Bonchev–Trinajstić information content (AvgIpc) is 2.61. The fourth-order valence-electron chi connectivity index (χ4n) is 2.50. The summed E-state index contributed by atoms with van der Waals surface area (Å²) < 4.78 is 5.85. The van der Waals surface area contributed by atoms with Crippen LogP contribution in [-0.2, 0) is 4.74 Å². The molecule has 0 aromatic carbocycles. The molecule has 1 aliphatic rings. The van der Waals surface area contributed by atoms with E-state index < -0.39 is 0 Å². The number of nitrogens with two attached hydrogens (primary N) is 1. The standard InChI is InChI=1S/C12H26N2O/c1-4-5-9(2)8-11(14-13)12-7-6-10(3)15-12/h9-12,14H,4-8,13H2,1-3H3. The molecule has 1 aliphatic heterocycles. The Bertz CT molecular complexity index is 175. The van der Waals surface area contributed by atoms with Gasteiger partial charge in [0.25, 0.3) is 0 Å². The highest BCUT2D eigenvalue weighted by molar-refractivity contribution is 4.82. The summed E-state index contributed by atoms with van der Waals surface area (Å²) in [5.74, 6) is 6.34. The van der Waals surface area contributed by atoms with Crippen molar-refractivity contribution in [2.75, 3.05) is 0 Å². The first-order valence-electron chi connectivity index (χ1n) is 6.29.